The van der Waals surface area contributed by atoms with E-state index >= 15 is 0 Å². The van der Waals surface area contributed by atoms with Gasteiger partial charge in [-0.15, -0.1) is 0 Å². The molecule has 1 N–H and O–H groups in total. The molecule has 33 heavy (non-hydrogen) atoms. The highest BCUT2D eigenvalue weighted by molar-refractivity contribution is 8.15. The molecule has 1 unspecified atom stereocenters. The number of halogens is 5. The molecule has 1 saturated heterocycles. The van der Waals surface area contributed by atoms with E-state index in [0.717, 1.165) is 29.8 Å². The molecule has 1 aliphatic rings. The molecule has 1 aromatic carbocycles. The highest BCUT2D eigenvalue weighted by atomic mass is 35.5. The molecule has 15 heteroatoms. The van der Waals surface area contributed by atoms with Gasteiger partial charge in [-0.25, -0.2) is 23.5 Å². The Morgan fingerprint density at radius 2 is 1.88 bits per heavy atom. The number of hydrogen-bond acceptors (Lipinski definition) is 6. The number of amides is 1. The topological polar surface area (TPSA) is 114 Å². The zero-order valence-electron chi connectivity index (χ0n) is 16.7. The minimum atomic E-state index is -5.00. The maximum Gasteiger partial charge on any atom is 0.431 e. The van der Waals surface area contributed by atoms with Crippen molar-refractivity contribution >= 4 is 46.1 Å². The molecule has 1 amide bonds. The molecule has 0 saturated carbocycles. The Labute approximate surface area is 190 Å². The number of aliphatic imine (C=N–C) groups is 1. The number of hydrogen-bond donors (Lipinski definition) is 1. The van der Waals surface area contributed by atoms with Crippen LogP contribution >= 0.6 is 23.4 Å². The zero-order valence-corrected chi connectivity index (χ0v) is 18.3. The SMILES string of the molecule is CC(C(=O)O)N1C(=O)CS/C1=N\c1cc(-n2c(=O)cc(C(F)(F)F)n(C)c2=O)c(F)cc1Cl. The minimum Gasteiger partial charge on any atom is -0.480 e. The number of rotatable bonds is 4. The van der Waals surface area contributed by atoms with E-state index in [9.17, 15) is 41.8 Å². The molecule has 1 aromatic heterocycles. The molecular formula is C18H13ClF4N4O5S. The van der Waals surface area contributed by atoms with Crippen molar-refractivity contribution < 1.29 is 32.3 Å². The Bertz CT molecular complexity index is 1320. The van der Waals surface area contributed by atoms with Crippen LogP contribution in [0.15, 0.2) is 32.8 Å². The predicted octanol–water partition coefficient (Wildman–Crippen LogP) is 2.38. The fourth-order valence-corrected chi connectivity index (χ4v) is 4.10. The minimum absolute atomic E-state index is 0.0815. The lowest BCUT2D eigenvalue weighted by atomic mass is 10.2. The molecule has 176 valence electrons. The summed E-state index contributed by atoms with van der Waals surface area (Å²) in [6.45, 7) is 1.24. The van der Waals surface area contributed by atoms with E-state index in [0.29, 0.717) is 6.07 Å². The lowest BCUT2D eigenvalue weighted by Gasteiger charge is -2.20. The average Bonchev–Trinajstić information content (AvgIpc) is 3.06. The van der Waals surface area contributed by atoms with Crippen LogP contribution in [0.1, 0.15) is 12.6 Å². The van der Waals surface area contributed by atoms with Crippen LogP contribution in [0.25, 0.3) is 5.69 Å². The van der Waals surface area contributed by atoms with Crippen LogP contribution in [0.5, 0.6) is 0 Å². The van der Waals surface area contributed by atoms with E-state index in [2.05, 4.69) is 4.99 Å². The summed E-state index contributed by atoms with van der Waals surface area (Å²) in [5.74, 6) is -3.20. The highest BCUT2D eigenvalue weighted by Gasteiger charge is 2.37. The summed E-state index contributed by atoms with van der Waals surface area (Å²) in [7, 11) is 0.766. The van der Waals surface area contributed by atoms with Crippen LogP contribution in [-0.2, 0) is 22.8 Å². The van der Waals surface area contributed by atoms with E-state index in [1.54, 1.807) is 0 Å². The number of carbonyl (C=O) groups is 2. The largest absolute Gasteiger partial charge is 0.480 e. The standard InChI is InChI=1S/C18H13ClF4N4O5S/c1-7(15(30)31)26-14(29)6-33-16(26)24-10-4-11(9(20)3-8(10)19)27-13(28)5-12(18(21,22)23)25(2)17(27)32/h3-5,7H,6H2,1-2H3,(H,30,31)/b24-16-. The summed E-state index contributed by atoms with van der Waals surface area (Å²) in [6.07, 6.45) is -5.00. The van der Waals surface area contributed by atoms with Gasteiger partial charge >= 0.3 is 17.8 Å². The molecule has 1 atom stereocenters. The molecule has 0 radical (unpaired) electrons. The van der Waals surface area contributed by atoms with Gasteiger partial charge in [-0.1, -0.05) is 23.4 Å². The number of carbonyl (C=O) groups excluding carboxylic acids is 1. The van der Waals surface area contributed by atoms with Gasteiger partial charge in [-0.2, -0.15) is 13.2 Å². The number of aliphatic carboxylic acids is 1. The summed E-state index contributed by atoms with van der Waals surface area (Å²) in [4.78, 5) is 53.1. The van der Waals surface area contributed by atoms with E-state index in [4.69, 9.17) is 11.6 Å². The second kappa shape index (κ2) is 8.67. The number of thioether (sulfide) groups is 1. The Kier molecular flexibility index (Phi) is 6.44. The first-order chi connectivity index (χ1) is 15.2. The molecule has 0 spiro atoms. The molecular weight excluding hydrogens is 496 g/mol. The van der Waals surface area contributed by atoms with Crippen molar-refractivity contribution in [3.05, 3.63) is 55.6 Å². The van der Waals surface area contributed by atoms with E-state index in [1.807, 2.05) is 0 Å². The fourth-order valence-electron chi connectivity index (χ4n) is 2.96. The smallest absolute Gasteiger partial charge is 0.431 e. The lowest BCUT2D eigenvalue weighted by molar-refractivity contribution is -0.145. The Morgan fingerprint density at radius 3 is 2.45 bits per heavy atom. The molecule has 2 heterocycles. The van der Waals surface area contributed by atoms with Gasteiger partial charge in [0.2, 0.25) is 5.91 Å². The van der Waals surface area contributed by atoms with E-state index < -0.39 is 52.5 Å². The molecule has 1 fully saturated rings. The van der Waals surface area contributed by atoms with Gasteiger partial charge in [0.25, 0.3) is 5.56 Å². The molecule has 1 aliphatic heterocycles. The van der Waals surface area contributed by atoms with Crippen molar-refractivity contribution in [1.82, 2.24) is 14.0 Å². The van der Waals surface area contributed by atoms with Crippen LogP contribution in [0.3, 0.4) is 0 Å². The van der Waals surface area contributed by atoms with Crippen LogP contribution in [0.4, 0.5) is 23.2 Å². The van der Waals surface area contributed by atoms with Gasteiger partial charge in [-0.3, -0.25) is 19.1 Å². The maximum atomic E-state index is 14.6. The number of amidine groups is 1. The summed E-state index contributed by atoms with van der Waals surface area (Å²) < 4.78 is 54.1. The second-order valence-corrected chi connectivity index (χ2v) is 8.11. The normalized spacial score (nSPS) is 16.5. The average molecular weight is 509 g/mol. The number of alkyl halides is 3. The first kappa shape index (κ1) is 24.5. The van der Waals surface area contributed by atoms with Crippen LogP contribution in [-0.4, -0.2) is 48.0 Å². The van der Waals surface area contributed by atoms with Crippen LogP contribution in [0.2, 0.25) is 5.02 Å². The number of carboxylic acids is 1. The third kappa shape index (κ3) is 4.53. The Hall–Kier alpha value is -3.13. The number of aromatic nitrogens is 2. The monoisotopic (exact) mass is 508 g/mol. The third-order valence-electron chi connectivity index (χ3n) is 4.63. The van der Waals surface area contributed by atoms with Gasteiger partial charge < -0.3 is 5.11 Å². The molecule has 0 aliphatic carbocycles. The van der Waals surface area contributed by atoms with Crippen molar-refractivity contribution in [1.29, 1.82) is 0 Å². The molecule has 2 aromatic rings. The molecule has 0 bridgehead atoms. The quantitative estimate of drug-likeness (QED) is 0.634. The first-order valence-corrected chi connectivity index (χ1v) is 10.3. The first-order valence-electron chi connectivity index (χ1n) is 8.90. The van der Waals surface area contributed by atoms with Crippen LogP contribution in [0, 0.1) is 5.82 Å². The van der Waals surface area contributed by atoms with Crippen LogP contribution < -0.4 is 11.2 Å². The summed E-state index contributed by atoms with van der Waals surface area (Å²) in [6, 6.07) is 0.387. The van der Waals surface area contributed by atoms with Gasteiger partial charge in [0.05, 0.1) is 22.2 Å². The van der Waals surface area contributed by atoms with Crippen molar-refractivity contribution in [3.63, 3.8) is 0 Å². The highest BCUT2D eigenvalue weighted by Crippen LogP contribution is 2.33. The van der Waals surface area contributed by atoms with Crippen molar-refractivity contribution in [3.8, 4) is 5.69 Å². The fraction of sp³-hybridized carbons (Fsp3) is 0.278. The van der Waals surface area contributed by atoms with Crippen molar-refractivity contribution in [2.45, 2.75) is 19.1 Å². The summed E-state index contributed by atoms with van der Waals surface area (Å²) in [5.41, 5.74) is -5.42. The Morgan fingerprint density at radius 1 is 1.24 bits per heavy atom. The maximum absolute atomic E-state index is 14.6. The summed E-state index contributed by atoms with van der Waals surface area (Å²) in [5, 5.41) is 8.81. The van der Waals surface area contributed by atoms with Gasteiger partial charge in [0.1, 0.15) is 17.6 Å². The van der Waals surface area contributed by atoms with E-state index in [-0.39, 0.29) is 36.8 Å². The Balaban J connectivity index is 2.20. The van der Waals surface area contributed by atoms with Gasteiger partial charge in [0, 0.05) is 13.1 Å². The third-order valence-corrected chi connectivity index (χ3v) is 5.87. The summed E-state index contributed by atoms with van der Waals surface area (Å²) >= 11 is 6.87. The van der Waals surface area contributed by atoms with Gasteiger partial charge in [-0.05, 0) is 19.1 Å². The molecule has 3 rings (SSSR count). The van der Waals surface area contributed by atoms with E-state index in [1.165, 1.54) is 6.92 Å². The van der Waals surface area contributed by atoms with Crippen molar-refractivity contribution in [2.75, 3.05) is 5.75 Å². The lowest BCUT2D eigenvalue weighted by Crippen LogP contribution is -2.42. The molecule has 9 nitrogen and oxygen atoms in total. The number of carboxylic acid groups (broad SMARTS) is 1. The number of benzene rings is 1. The number of nitrogens with zero attached hydrogens (tertiary/aromatic N) is 4. The predicted molar refractivity (Wildman–Crippen MR) is 111 cm³/mol. The van der Waals surface area contributed by atoms with Crippen molar-refractivity contribution in [2.24, 2.45) is 12.0 Å². The van der Waals surface area contributed by atoms with Gasteiger partial charge in [0.15, 0.2) is 5.17 Å². The zero-order chi connectivity index (χ0) is 24.8. The second-order valence-electron chi connectivity index (χ2n) is 6.76.